The van der Waals surface area contributed by atoms with Gasteiger partial charge < -0.3 is 10.1 Å². The highest BCUT2D eigenvalue weighted by molar-refractivity contribution is 5.80. The molecule has 1 amide bonds. The zero-order valence-corrected chi connectivity index (χ0v) is 18.2. The van der Waals surface area contributed by atoms with E-state index in [1.807, 2.05) is 56.3 Å². The molecule has 1 N–H and O–H groups in total. The molecule has 0 saturated carbocycles. The fraction of sp³-hybridized carbons (Fsp3) is 0.320. The highest BCUT2D eigenvalue weighted by Gasteiger charge is 2.19. The molecule has 0 aliphatic rings. The van der Waals surface area contributed by atoms with Crippen LogP contribution in [-0.2, 0) is 11.2 Å². The molecule has 0 aliphatic carbocycles. The summed E-state index contributed by atoms with van der Waals surface area (Å²) in [5, 5.41) is 7.44. The van der Waals surface area contributed by atoms with Gasteiger partial charge in [-0.3, -0.25) is 9.59 Å². The number of benzene rings is 2. The van der Waals surface area contributed by atoms with Crippen molar-refractivity contribution in [3.63, 3.8) is 0 Å². The lowest BCUT2D eigenvalue weighted by Crippen LogP contribution is -2.41. The Hall–Kier alpha value is -3.41. The molecule has 3 aromatic rings. The van der Waals surface area contributed by atoms with Crippen molar-refractivity contribution in [2.45, 2.75) is 45.7 Å². The monoisotopic (exact) mass is 419 g/mol. The number of aryl methyl sites for hydroxylation is 1. The smallest absolute Gasteiger partial charge is 0.267 e. The number of carbonyl (C=O) groups excluding carboxylic acids is 1. The Bertz CT molecular complexity index is 1050. The Morgan fingerprint density at radius 3 is 2.42 bits per heavy atom. The van der Waals surface area contributed by atoms with Gasteiger partial charge in [-0.2, -0.15) is 5.10 Å². The highest BCUT2D eigenvalue weighted by Crippen LogP contribution is 2.20. The quantitative estimate of drug-likeness (QED) is 0.569. The standard InChI is InChI=1S/C25H29N3O3/c1-4-31-22-14-12-21(13-15-22)23-16-17-24(29)28(27-23)19(3)25(30)26-18(2)10-11-20-8-6-5-7-9-20/h5-9,12-19H,4,10-11H2,1-3H3,(H,26,30). The van der Waals surface area contributed by atoms with Crippen LogP contribution >= 0.6 is 0 Å². The Morgan fingerprint density at radius 2 is 1.74 bits per heavy atom. The van der Waals surface area contributed by atoms with Gasteiger partial charge >= 0.3 is 0 Å². The maximum absolute atomic E-state index is 12.8. The van der Waals surface area contributed by atoms with Gasteiger partial charge in [-0.05, 0) is 69.5 Å². The normalized spacial score (nSPS) is 12.7. The van der Waals surface area contributed by atoms with Gasteiger partial charge in [-0.25, -0.2) is 4.68 Å². The first-order chi connectivity index (χ1) is 15.0. The minimum atomic E-state index is -0.714. The number of hydrogen-bond acceptors (Lipinski definition) is 4. The maximum Gasteiger partial charge on any atom is 0.267 e. The zero-order valence-electron chi connectivity index (χ0n) is 18.2. The van der Waals surface area contributed by atoms with E-state index in [0.29, 0.717) is 12.3 Å². The minimum Gasteiger partial charge on any atom is -0.494 e. The van der Waals surface area contributed by atoms with Crippen LogP contribution in [0.4, 0.5) is 0 Å². The van der Waals surface area contributed by atoms with Crippen molar-refractivity contribution in [3.8, 4) is 17.0 Å². The van der Waals surface area contributed by atoms with Crippen LogP contribution in [0.25, 0.3) is 11.3 Å². The Kier molecular flexibility index (Phi) is 7.60. The molecule has 162 valence electrons. The molecular weight excluding hydrogens is 390 g/mol. The first kappa shape index (κ1) is 22.3. The van der Waals surface area contributed by atoms with Crippen LogP contribution < -0.4 is 15.6 Å². The SMILES string of the molecule is CCOc1ccc(-c2ccc(=O)n(C(C)C(=O)NC(C)CCc3ccccc3)n2)cc1. The second kappa shape index (κ2) is 10.6. The summed E-state index contributed by atoms with van der Waals surface area (Å²) >= 11 is 0. The van der Waals surface area contributed by atoms with Gasteiger partial charge in [-0.1, -0.05) is 30.3 Å². The molecule has 1 aromatic heterocycles. The number of aromatic nitrogens is 2. The molecule has 0 spiro atoms. The molecule has 0 saturated heterocycles. The lowest BCUT2D eigenvalue weighted by atomic mass is 10.1. The van der Waals surface area contributed by atoms with Crippen molar-refractivity contribution in [1.82, 2.24) is 15.1 Å². The molecule has 31 heavy (non-hydrogen) atoms. The van der Waals surface area contributed by atoms with Crippen molar-refractivity contribution < 1.29 is 9.53 Å². The molecule has 1 heterocycles. The summed E-state index contributed by atoms with van der Waals surface area (Å²) < 4.78 is 6.71. The summed E-state index contributed by atoms with van der Waals surface area (Å²) in [6.45, 7) is 6.19. The number of amides is 1. The molecular formula is C25H29N3O3. The van der Waals surface area contributed by atoms with E-state index in [9.17, 15) is 9.59 Å². The summed E-state index contributed by atoms with van der Waals surface area (Å²) in [4.78, 5) is 25.1. The fourth-order valence-electron chi connectivity index (χ4n) is 3.32. The Balaban J connectivity index is 1.67. The molecule has 0 fully saturated rings. The number of carbonyl (C=O) groups is 1. The van der Waals surface area contributed by atoms with Crippen LogP contribution in [0.1, 0.15) is 38.8 Å². The predicted octanol–water partition coefficient (Wildman–Crippen LogP) is 4.01. The summed E-state index contributed by atoms with van der Waals surface area (Å²) in [6.07, 6.45) is 1.69. The molecule has 6 nitrogen and oxygen atoms in total. The number of hydrogen-bond donors (Lipinski definition) is 1. The Morgan fingerprint density at radius 1 is 1.03 bits per heavy atom. The van der Waals surface area contributed by atoms with Crippen molar-refractivity contribution in [1.29, 1.82) is 0 Å². The van der Waals surface area contributed by atoms with Gasteiger partial charge in [0.15, 0.2) is 0 Å². The molecule has 2 atom stereocenters. The molecule has 0 aliphatic heterocycles. The van der Waals surface area contributed by atoms with E-state index < -0.39 is 6.04 Å². The minimum absolute atomic E-state index is 0.0137. The van der Waals surface area contributed by atoms with Gasteiger partial charge in [-0.15, -0.1) is 0 Å². The average molecular weight is 420 g/mol. The van der Waals surface area contributed by atoms with Gasteiger partial charge in [0.25, 0.3) is 5.56 Å². The Labute approximate surface area is 182 Å². The van der Waals surface area contributed by atoms with Crippen molar-refractivity contribution in [2.75, 3.05) is 6.61 Å². The van der Waals surface area contributed by atoms with E-state index in [4.69, 9.17) is 4.74 Å². The third-order valence-electron chi connectivity index (χ3n) is 5.13. The molecule has 3 rings (SSSR count). The molecule has 0 radical (unpaired) electrons. The van der Waals surface area contributed by atoms with Gasteiger partial charge in [0.2, 0.25) is 5.91 Å². The largest absolute Gasteiger partial charge is 0.494 e. The summed E-state index contributed by atoms with van der Waals surface area (Å²) in [5.41, 5.74) is 2.40. The van der Waals surface area contributed by atoms with Crippen molar-refractivity contribution in [3.05, 3.63) is 82.6 Å². The van der Waals surface area contributed by atoms with Crippen LogP contribution in [0, 0.1) is 0 Å². The number of ether oxygens (including phenoxy) is 1. The predicted molar refractivity (Wildman–Crippen MR) is 122 cm³/mol. The van der Waals surface area contributed by atoms with Crippen molar-refractivity contribution >= 4 is 5.91 Å². The van der Waals surface area contributed by atoms with E-state index in [-0.39, 0.29) is 17.5 Å². The number of nitrogens with zero attached hydrogens (tertiary/aromatic N) is 2. The first-order valence-corrected chi connectivity index (χ1v) is 10.7. The molecule has 2 aromatic carbocycles. The molecule has 0 bridgehead atoms. The molecule has 6 heteroatoms. The second-order valence-corrected chi connectivity index (χ2v) is 7.57. The van der Waals surface area contributed by atoms with Crippen molar-refractivity contribution in [2.24, 2.45) is 0 Å². The first-order valence-electron chi connectivity index (χ1n) is 10.7. The summed E-state index contributed by atoms with van der Waals surface area (Å²) in [7, 11) is 0. The average Bonchev–Trinajstić information content (AvgIpc) is 2.79. The van der Waals surface area contributed by atoms with E-state index in [2.05, 4.69) is 22.5 Å². The van der Waals surface area contributed by atoms with Crippen LogP contribution in [0.15, 0.2) is 71.5 Å². The number of rotatable bonds is 9. The fourth-order valence-corrected chi connectivity index (χ4v) is 3.32. The van der Waals surface area contributed by atoms with Crippen LogP contribution in [0.3, 0.4) is 0 Å². The number of nitrogens with one attached hydrogen (secondary N) is 1. The lowest BCUT2D eigenvalue weighted by Gasteiger charge is -2.19. The van der Waals surface area contributed by atoms with E-state index >= 15 is 0 Å². The van der Waals surface area contributed by atoms with Crippen LogP contribution in [-0.4, -0.2) is 28.3 Å². The highest BCUT2D eigenvalue weighted by atomic mass is 16.5. The van der Waals surface area contributed by atoms with E-state index in [0.717, 1.165) is 24.2 Å². The summed E-state index contributed by atoms with van der Waals surface area (Å²) in [6, 6.07) is 20.0. The van der Waals surface area contributed by atoms with E-state index in [1.54, 1.807) is 13.0 Å². The van der Waals surface area contributed by atoms with Gasteiger partial charge in [0.05, 0.1) is 12.3 Å². The third-order valence-corrected chi connectivity index (χ3v) is 5.13. The third kappa shape index (κ3) is 6.04. The van der Waals surface area contributed by atoms with Crippen LogP contribution in [0.5, 0.6) is 5.75 Å². The van der Waals surface area contributed by atoms with Gasteiger partial charge in [0, 0.05) is 17.7 Å². The lowest BCUT2D eigenvalue weighted by molar-refractivity contribution is -0.124. The van der Waals surface area contributed by atoms with Crippen LogP contribution in [0.2, 0.25) is 0 Å². The topological polar surface area (TPSA) is 73.2 Å². The second-order valence-electron chi connectivity index (χ2n) is 7.57. The van der Waals surface area contributed by atoms with Gasteiger partial charge in [0.1, 0.15) is 11.8 Å². The summed E-state index contributed by atoms with van der Waals surface area (Å²) in [5.74, 6) is 0.552. The molecule has 2 unspecified atom stereocenters. The zero-order chi connectivity index (χ0) is 22.2. The van der Waals surface area contributed by atoms with E-state index in [1.165, 1.54) is 16.3 Å². The maximum atomic E-state index is 12.8.